The van der Waals surface area contributed by atoms with Gasteiger partial charge in [-0.3, -0.25) is 9.78 Å². The fourth-order valence-corrected chi connectivity index (χ4v) is 6.09. The number of pyridine rings is 1. The van der Waals surface area contributed by atoms with Crippen molar-refractivity contribution in [3.63, 3.8) is 0 Å². The fourth-order valence-electron chi connectivity index (χ4n) is 6.09. The van der Waals surface area contributed by atoms with Gasteiger partial charge in [0, 0.05) is 49.9 Å². The predicted octanol–water partition coefficient (Wildman–Crippen LogP) is 5.06. The van der Waals surface area contributed by atoms with E-state index in [-0.39, 0.29) is 28.4 Å². The van der Waals surface area contributed by atoms with Crippen LogP contribution < -0.4 is 15.0 Å². The lowest BCUT2D eigenvalue weighted by Crippen LogP contribution is -2.41. The number of hydrogen-bond donors (Lipinski definition) is 2. The van der Waals surface area contributed by atoms with E-state index < -0.39 is 24.3 Å². The highest BCUT2D eigenvalue weighted by Crippen LogP contribution is 2.42. The SMILES string of the molecule is Cc1ccn(-c2cc(-c3ccncc3)ccc2[C@@H](Oc2cc(N3CCC4(CC3)CN[C@H](C(=O)O)C4)nc(C)n2)C(F)(F)F)n1. The number of nitrogens with zero attached hydrogens (tertiary/aromatic N) is 6. The van der Waals surface area contributed by atoms with Crippen LogP contribution in [-0.4, -0.2) is 67.7 Å². The molecule has 1 aromatic carbocycles. The molecule has 0 bridgehead atoms. The summed E-state index contributed by atoms with van der Waals surface area (Å²) in [7, 11) is 0. The summed E-state index contributed by atoms with van der Waals surface area (Å²) in [4.78, 5) is 26.2. The van der Waals surface area contributed by atoms with Crippen molar-refractivity contribution < 1.29 is 27.8 Å². The number of alkyl halides is 3. The average molecular weight is 608 g/mol. The molecule has 2 aliphatic rings. The van der Waals surface area contributed by atoms with Gasteiger partial charge in [0.2, 0.25) is 12.0 Å². The van der Waals surface area contributed by atoms with E-state index in [4.69, 9.17) is 4.74 Å². The van der Waals surface area contributed by atoms with Gasteiger partial charge in [-0.05, 0) is 73.9 Å². The maximum Gasteiger partial charge on any atom is 0.429 e. The van der Waals surface area contributed by atoms with E-state index in [1.807, 2.05) is 4.90 Å². The molecule has 0 radical (unpaired) electrons. The molecule has 3 aromatic heterocycles. The second kappa shape index (κ2) is 11.5. The monoisotopic (exact) mass is 607 g/mol. The molecule has 2 aliphatic heterocycles. The number of ether oxygens (including phenoxy) is 1. The summed E-state index contributed by atoms with van der Waals surface area (Å²) < 4.78 is 51.4. The van der Waals surface area contributed by atoms with E-state index in [1.165, 1.54) is 16.8 Å². The molecule has 230 valence electrons. The van der Waals surface area contributed by atoms with Crippen LogP contribution in [0.4, 0.5) is 19.0 Å². The highest BCUT2D eigenvalue weighted by atomic mass is 19.4. The number of aliphatic carboxylic acids is 1. The zero-order valence-electron chi connectivity index (χ0n) is 24.3. The number of aromatic nitrogens is 5. The van der Waals surface area contributed by atoms with Gasteiger partial charge in [-0.1, -0.05) is 12.1 Å². The van der Waals surface area contributed by atoms with Gasteiger partial charge in [-0.25, -0.2) is 9.67 Å². The van der Waals surface area contributed by atoms with Crippen LogP contribution in [0.5, 0.6) is 5.88 Å². The third kappa shape index (κ3) is 6.09. The van der Waals surface area contributed by atoms with Gasteiger partial charge >= 0.3 is 12.1 Å². The quantitative estimate of drug-likeness (QED) is 0.297. The lowest BCUT2D eigenvalue weighted by Gasteiger charge is -2.39. The Balaban J connectivity index is 1.30. The minimum atomic E-state index is -4.78. The second-order valence-electron chi connectivity index (χ2n) is 11.5. The maximum atomic E-state index is 14.8. The summed E-state index contributed by atoms with van der Waals surface area (Å²) in [5.41, 5.74) is 2.15. The van der Waals surface area contributed by atoms with Crippen LogP contribution in [0.1, 0.15) is 42.4 Å². The molecule has 2 fully saturated rings. The molecule has 2 atom stereocenters. The summed E-state index contributed by atoms with van der Waals surface area (Å²) in [5.74, 6) is -0.290. The molecule has 10 nitrogen and oxygen atoms in total. The molecule has 0 saturated carbocycles. The first kappa shape index (κ1) is 29.5. The smallest absolute Gasteiger partial charge is 0.429 e. The molecule has 44 heavy (non-hydrogen) atoms. The lowest BCUT2D eigenvalue weighted by molar-refractivity contribution is -0.198. The standard InChI is InChI=1S/C31H32F3N7O3/c1-19-7-12-41(39-19)25-15-22(21-5-10-35-11-6-21)3-4-23(25)28(31(32,33)34)44-27-16-26(37-20(2)38-27)40-13-8-30(9-14-40)17-24(29(42)43)36-18-30/h3-7,10-12,15-16,24,28,36H,8-9,13-14,17-18H2,1-2H3,(H,42,43)/t24-,28+/m0/s1. The molecule has 1 spiro atoms. The minimum absolute atomic E-state index is 0.113. The van der Waals surface area contributed by atoms with Gasteiger partial charge in [0.15, 0.2) is 0 Å². The first-order valence-electron chi connectivity index (χ1n) is 14.4. The number of carbonyl (C=O) groups is 1. The Hall–Kier alpha value is -4.52. The number of aryl methyl sites for hydroxylation is 2. The van der Waals surface area contributed by atoms with Gasteiger partial charge in [0.1, 0.15) is 17.7 Å². The van der Waals surface area contributed by atoms with Crippen molar-refractivity contribution in [3.8, 4) is 22.7 Å². The summed E-state index contributed by atoms with van der Waals surface area (Å²) >= 11 is 0. The lowest BCUT2D eigenvalue weighted by atomic mass is 9.76. The molecule has 2 saturated heterocycles. The average Bonchev–Trinajstić information content (AvgIpc) is 3.62. The van der Waals surface area contributed by atoms with Crippen molar-refractivity contribution in [1.82, 2.24) is 30.0 Å². The first-order valence-corrected chi connectivity index (χ1v) is 14.4. The van der Waals surface area contributed by atoms with Crippen molar-refractivity contribution in [2.24, 2.45) is 5.41 Å². The van der Waals surface area contributed by atoms with Crippen LogP contribution in [0.3, 0.4) is 0 Å². The number of rotatable bonds is 7. The normalized spacial score (nSPS) is 18.8. The molecule has 0 aliphatic carbocycles. The van der Waals surface area contributed by atoms with E-state index >= 15 is 0 Å². The van der Waals surface area contributed by atoms with Gasteiger partial charge in [-0.15, -0.1) is 0 Å². The zero-order valence-corrected chi connectivity index (χ0v) is 24.3. The maximum absolute atomic E-state index is 14.8. The topological polar surface area (TPSA) is 118 Å². The van der Waals surface area contributed by atoms with Crippen LogP contribution in [0, 0.1) is 19.3 Å². The number of carboxylic acid groups (broad SMARTS) is 1. The molecule has 0 unspecified atom stereocenters. The number of anilines is 1. The third-order valence-electron chi connectivity index (χ3n) is 8.44. The van der Waals surface area contributed by atoms with E-state index in [2.05, 4.69) is 25.4 Å². The number of benzene rings is 1. The van der Waals surface area contributed by atoms with Crippen LogP contribution in [0.2, 0.25) is 0 Å². The summed E-state index contributed by atoms with van der Waals surface area (Å²) in [6.07, 6.45) is -0.214. The molecule has 4 aromatic rings. The molecule has 13 heteroatoms. The summed E-state index contributed by atoms with van der Waals surface area (Å²) in [5, 5.41) is 16.9. The van der Waals surface area contributed by atoms with E-state index in [0.29, 0.717) is 43.1 Å². The summed E-state index contributed by atoms with van der Waals surface area (Å²) in [6, 6.07) is 10.9. The number of piperidine rings is 1. The van der Waals surface area contributed by atoms with E-state index in [0.717, 1.165) is 18.4 Å². The highest BCUT2D eigenvalue weighted by Gasteiger charge is 2.46. The Morgan fingerprint density at radius 3 is 2.45 bits per heavy atom. The van der Waals surface area contributed by atoms with Crippen LogP contribution >= 0.6 is 0 Å². The van der Waals surface area contributed by atoms with Gasteiger partial charge in [-0.2, -0.15) is 23.3 Å². The van der Waals surface area contributed by atoms with Crippen molar-refractivity contribution in [2.75, 3.05) is 24.5 Å². The van der Waals surface area contributed by atoms with Crippen molar-refractivity contribution in [2.45, 2.75) is 51.4 Å². The minimum Gasteiger partial charge on any atom is -0.480 e. The fraction of sp³-hybridized carbons (Fsp3) is 0.387. The van der Waals surface area contributed by atoms with Crippen LogP contribution in [-0.2, 0) is 4.79 Å². The van der Waals surface area contributed by atoms with Crippen molar-refractivity contribution >= 4 is 11.8 Å². The molecule has 2 N–H and O–H groups in total. The van der Waals surface area contributed by atoms with E-state index in [1.54, 1.807) is 62.8 Å². The Morgan fingerprint density at radius 1 is 1.07 bits per heavy atom. The Kier molecular flexibility index (Phi) is 7.74. The van der Waals surface area contributed by atoms with Crippen molar-refractivity contribution in [3.05, 3.63) is 78.1 Å². The number of carboxylic acids is 1. The van der Waals surface area contributed by atoms with Crippen LogP contribution in [0.25, 0.3) is 16.8 Å². The Morgan fingerprint density at radius 2 is 1.82 bits per heavy atom. The molecule has 5 heterocycles. The van der Waals surface area contributed by atoms with Crippen molar-refractivity contribution in [1.29, 1.82) is 0 Å². The zero-order chi connectivity index (χ0) is 31.1. The van der Waals surface area contributed by atoms with Gasteiger partial charge in [0.25, 0.3) is 0 Å². The number of nitrogens with one attached hydrogen (secondary N) is 1. The molecule has 6 rings (SSSR count). The largest absolute Gasteiger partial charge is 0.480 e. The van der Waals surface area contributed by atoms with E-state index in [9.17, 15) is 23.1 Å². The second-order valence-corrected chi connectivity index (χ2v) is 11.5. The Bertz CT molecular complexity index is 1650. The van der Waals surface area contributed by atoms with Gasteiger partial charge in [0.05, 0.1) is 11.4 Å². The summed E-state index contributed by atoms with van der Waals surface area (Å²) in [6.45, 7) is 5.18. The number of halogens is 3. The highest BCUT2D eigenvalue weighted by molar-refractivity contribution is 5.74. The molecule has 0 amide bonds. The molecular weight excluding hydrogens is 575 g/mol. The first-order chi connectivity index (χ1) is 21.0. The Labute approximate surface area is 251 Å². The third-order valence-corrected chi connectivity index (χ3v) is 8.44. The number of hydrogen-bond acceptors (Lipinski definition) is 8. The van der Waals surface area contributed by atoms with Gasteiger partial charge < -0.3 is 20.1 Å². The van der Waals surface area contributed by atoms with Crippen LogP contribution in [0.15, 0.2) is 61.1 Å². The molecular formula is C31H32F3N7O3. The predicted molar refractivity (Wildman–Crippen MR) is 156 cm³/mol.